The maximum absolute atomic E-state index is 13.5. The molecule has 3 heterocycles. The summed E-state index contributed by atoms with van der Waals surface area (Å²) in [6, 6.07) is 16.9. The van der Waals surface area contributed by atoms with E-state index in [1.807, 2.05) is 54.6 Å². The number of carbonyl (C=O) groups is 2. The quantitative estimate of drug-likeness (QED) is 0.813. The average Bonchev–Trinajstić information content (AvgIpc) is 3.21. The van der Waals surface area contributed by atoms with Crippen molar-refractivity contribution in [3.8, 4) is 5.75 Å². The summed E-state index contributed by atoms with van der Waals surface area (Å²) in [5.74, 6) is 0.649. The normalized spacial score (nSPS) is 26.1. The first-order valence-corrected chi connectivity index (χ1v) is 10.6. The largest absolute Gasteiger partial charge is 0.495 e. The van der Waals surface area contributed by atoms with E-state index in [0.29, 0.717) is 0 Å². The third-order valence-electron chi connectivity index (χ3n) is 6.45. The maximum Gasteiger partial charge on any atom is 0.328 e. The summed E-state index contributed by atoms with van der Waals surface area (Å²) in [5, 5.41) is 3.54. The van der Waals surface area contributed by atoms with Crippen LogP contribution in [0.1, 0.15) is 12.0 Å². The Morgan fingerprint density at radius 2 is 1.77 bits per heavy atom. The number of likely N-dealkylation sites (N-methyl/N-ethyl adjacent to an activating group) is 1. The molecule has 3 aliphatic rings. The van der Waals surface area contributed by atoms with E-state index in [2.05, 4.69) is 15.1 Å². The molecule has 3 atom stereocenters. The van der Waals surface area contributed by atoms with Gasteiger partial charge in [0, 0.05) is 20.1 Å². The third kappa shape index (κ3) is 3.23. The molecule has 3 saturated heterocycles. The molecule has 2 aromatic carbocycles. The molecule has 0 bridgehead atoms. The molecular weight excluding hydrogens is 394 g/mol. The molecule has 31 heavy (non-hydrogen) atoms. The number of nitrogens with one attached hydrogen (secondary N) is 1. The molecule has 3 unspecified atom stereocenters. The summed E-state index contributed by atoms with van der Waals surface area (Å²) in [4.78, 5) is 34.1. The minimum Gasteiger partial charge on any atom is -0.495 e. The van der Waals surface area contributed by atoms with Gasteiger partial charge in [-0.15, -0.1) is 0 Å². The second kappa shape index (κ2) is 7.86. The van der Waals surface area contributed by atoms with Crippen LogP contribution in [0.25, 0.3) is 0 Å². The molecule has 0 aliphatic carbocycles. The predicted octanol–water partition coefficient (Wildman–Crippen LogP) is 1.88. The second-order valence-corrected chi connectivity index (χ2v) is 8.19. The van der Waals surface area contributed by atoms with Crippen molar-refractivity contribution in [1.29, 1.82) is 0 Å². The Morgan fingerprint density at radius 3 is 2.55 bits per heavy atom. The van der Waals surface area contributed by atoms with Crippen LogP contribution in [0.5, 0.6) is 5.75 Å². The first kappa shape index (κ1) is 19.8. The lowest BCUT2D eigenvalue weighted by molar-refractivity contribution is -0.139. The monoisotopic (exact) mass is 421 g/mol. The predicted molar refractivity (Wildman–Crippen MR) is 116 cm³/mol. The van der Waals surface area contributed by atoms with Gasteiger partial charge in [-0.25, -0.2) is 4.79 Å². The van der Waals surface area contributed by atoms with E-state index >= 15 is 0 Å². The zero-order valence-corrected chi connectivity index (χ0v) is 17.8. The Morgan fingerprint density at radius 1 is 1.03 bits per heavy atom. The zero-order valence-electron chi connectivity index (χ0n) is 17.8. The molecule has 8 nitrogen and oxygen atoms in total. The van der Waals surface area contributed by atoms with Crippen LogP contribution in [-0.2, 0) is 11.3 Å². The van der Waals surface area contributed by atoms with Gasteiger partial charge in [-0.1, -0.05) is 42.5 Å². The standard InChI is InChI=1S/C23H27N5O3/c1-25-20-19(21(29)28(23(25)30)15-16-9-4-3-5-10-16)27-14-8-13-26(22(27)24-20)17-11-6-7-12-18(17)31-2/h3-7,9-12,19-20,22,24H,8,13-15H2,1-2H3. The van der Waals surface area contributed by atoms with Gasteiger partial charge in [0.05, 0.1) is 19.3 Å². The highest BCUT2D eigenvalue weighted by atomic mass is 16.5. The van der Waals surface area contributed by atoms with Crippen molar-refractivity contribution in [2.75, 3.05) is 32.1 Å². The summed E-state index contributed by atoms with van der Waals surface area (Å²) in [5.41, 5.74) is 1.92. The van der Waals surface area contributed by atoms with Crippen LogP contribution in [0.2, 0.25) is 0 Å². The van der Waals surface area contributed by atoms with E-state index in [1.54, 1.807) is 19.1 Å². The lowest BCUT2D eigenvalue weighted by Crippen LogP contribution is -2.66. The highest BCUT2D eigenvalue weighted by molar-refractivity contribution is 6.00. The number of methoxy groups -OCH3 is 1. The Labute approximate surface area is 182 Å². The van der Waals surface area contributed by atoms with Gasteiger partial charge in [0.15, 0.2) is 0 Å². The van der Waals surface area contributed by atoms with Crippen molar-refractivity contribution in [2.24, 2.45) is 0 Å². The van der Waals surface area contributed by atoms with Crippen molar-refractivity contribution in [3.63, 3.8) is 0 Å². The minimum atomic E-state index is -0.422. The molecule has 8 heteroatoms. The van der Waals surface area contributed by atoms with Gasteiger partial charge >= 0.3 is 6.03 Å². The van der Waals surface area contributed by atoms with Crippen LogP contribution < -0.4 is 15.0 Å². The number of fused-ring (bicyclic) bond motifs is 3. The van der Waals surface area contributed by atoms with Crippen molar-refractivity contribution in [2.45, 2.75) is 31.5 Å². The molecule has 162 valence electrons. The molecule has 3 amide bonds. The highest BCUT2D eigenvalue weighted by Crippen LogP contribution is 2.36. The number of rotatable bonds is 4. The number of imide groups is 1. The molecule has 2 aromatic rings. The topological polar surface area (TPSA) is 68.4 Å². The molecular formula is C23H27N5O3. The van der Waals surface area contributed by atoms with E-state index in [9.17, 15) is 9.59 Å². The van der Waals surface area contributed by atoms with E-state index in [-0.39, 0.29) is 30.9 Å². The number of ether oxygens (including phenoxy) is 1. The molecule has 0 radical (unpaired) electrons. The fraction of sp³-hybridized carbons (Fsp3) is 0.391. The van der Waals surface area contributed by atoms with Gasteiger partial charge in [0.2, 0.25) is 0 Å². The van der Waals surface area contributed by atoms with Crippen molar-refractivity contribution >= 4 is 17.6 Å². The van der Waals surface area contributed by atoms with Gasteiger partial charge < -0.3 is 14.5 Å². The SMILES string of the molecule is COc1ccccc1N1CCCN2C3C(=O)N(Cc4ccccc4)C(=O)N(C)C3NC12. The third-order valence-corrected chi connectivity index (χ3v) is 6.45. The van der Waals surface area contributed by atoms with Gasteiger partial charge in [-0.3, -0.25) is 19.9 Å². The Balaban J connectivity index is 1.45. The number of urea groups is 1. The molecule has 0 spiro atoms. The summed E-state index contributed by atoms with van der Waals surface area (Å²) in [6.07, 6.45) is 0.367. The van der Waals surface area contributed by atoms with Crippen LogP contribution in [-0.4, -0.2) is 72.4 Å². The van der Waals surface area contributed by atoms with Gasteiger partial charge in [-0.2, -0.15) is 0 Å². The van der Waals surface area contributed by atoms with Gasteiger partial charge in [0.25, 0.3) is 5.91 Å². The molecule has 3 aliphatic heterocycles. The maximum atomic E-state index is 13.5. The van der Waals surface area contributed by atoms with Gasteiger partial charge in [-0.05, 0) is 24.1 Å². The Kier molecular flexibility index (Phi) is 5.03. The smallest absolute Gasteiger partial charge is 0.328 e. The summed E-state index contributed by atoms with van der Waals surface area (Å²) in [7, 11) is 3.43. The van der Waals surface area contributed by atoms with Crippen LogP contribution in [0.15, 0.2) is 54.6 Å². The lowest BCUT2D eigenvalue weighted by Gasteiger charge is -2.44. The number of amides is 3. The number of nitrogens with zero attached hydrogens (tertiary/aromatic N) is 4. The summed E-state index contributed by atoms with van der Waals surface area (Å²) in [6.45, 7) is 1.91. The van der Waals surface area contributed by atoms with E-state index < -0.39 is 6.04 Å². The first-order chi connectivity index (χ1) is 15.1. The van der Waals surface area contributed by atoms with Crippen molar-refractivity contribution in [1.82, 2.24) is 20.0 Å². The van der Waals surface area contributed by atoms with Crippen LogP contribution in [0, 0.1) is 0 Å². The first-order valence-electron chi connectivity index (χ1n) is 10.6. The average molecular weight is 422 g/mol. The second-order valence-electron chi connectivity index (χ2n) is 8.19. The minimum absolute atomic E-state index is 0.145. The van der Waals surface area contributed by atoms with Crippen molar-refractivity contribution in [3.05, 3.63) is 60.2 Å². The van der Waals surface area contributed by atoms with Crippen LogP contribution >= 0.6 is 0 Å². The Hall–Kier alpha value is -3.10. The zero-order chi connectivity index (χ0) is 21.5. The van der Waals surface area contributed by atoms with Crippen molar-refractivity contribution < 1.29 is 14.3 Å². The van der Waals surface area contributed by atoms with Gasteiger partial charge in [0.1, 0.15) is 24.2 Å². The number of hydrogen-bond donors (Lipinski definition) is 1. The van der Waals surface area contributed by atoms with Crippen LogP contribution in [0.3, 0.4) is 0 Å². The fourth-order valence-corrected chi connectivity index (χ4v) is 4.94. The number of carbonyl (C=O) groups excluding carboxylic acids is 2. The summed E-state index contributed by atoms with van der Waals surface area (Å²) >= 11 is 0. The number of anilines is 1. The molecule has 3 fully saturated rings. The lowest BCUT2D eigenvalue weighted by atomic mass is 10.1. The van der Waals surface area contributed by atoms with E-state index in [0.717, 1.165) is 36.5 Å². The fourth-order valence-electron chi connectivity index (χ4n) is 4.94. The Bertz CT molecular complexity index is 984. The van der Waals surface area contributed by atoms with E-state index in [4.69, 9.17) is 4.74 Å². The molecule has 1 N–H and O–H groups in total. The summed E-state index contributed by atoms with van der Waals surface area (Å²) < 4.78 is 5.58. The number of benzene rings is 2. The number of hydrogen-bond acceptors (Lipinski definition) is 6. The van der Waals surface area contributed by atoms with Crippen LogP contribution in [0.4, 0.5) is 10.5 Å². The molecule has 0 aromatic heterocycles. The van der Waals surface area contributed by atoms with E-state index in [1.165, 1.54) is 4.90 Å². The highest BCUT2D eigenvalue weighted by Gasteiger charge is 2.56. The molecule has 5 rings (SSSR count). The number of para-hydroxylation sites is 2. The molecule has 0 saturated carbocycles.